The van der Waals surface area contributed by atoms with Crippen molar-refractivity contribution < 1.29 is 0 Å². The van der Waals surface area contributed by atoms with Gasteiger partial charge < -0.3 is 5.73 Å². The third-order valence-electron chi connectivity index (χ3n) is 3.05. The van der Waals surface area contributed by atoms with Crippen LogP contribution in [0, 0.1) is 12.8 Å². The van der Waals surface area contributed by atoms with Gasteiger partial charge in [0.25, 0.3) is 0 Å². The quantitative estimate of drug-likeness (QED) is 0.870. The summed E-state index contributed by atoms with van der Waals surface area (Å²) >= 11 is 1.78. The van der Waals surface area contributed by atoms with E-state index in [2.05, 4.69) is 57.2 Å². The molecule has 1 atom stereocenters. The lowest BCUT2D eigenvalue weighted by molar-refractivity contribution is 0.647. The molecule has 0 spiro atoms. The van der Waals surface area contributed by atoms with E-state index in [-0.39, 0.29) is 6.04 Å². The van der Waals surface area contributed by atoms with Gasteiger partial charge in [-0.3, -0.25) is 0 Å². The number of thiophene rings is 1. The molecule has 0 aliphatic heterocycles. The number of rotatable bonds is 4. The highest BCUT2D eigenvalue weighted by Gasteiger charge is 2.10. The first-order valence-corrected chi connectivity index (χ1v) is 7.28. The van der Waals surface area contributed by atoms with Crippen molar-refractivity contribution in [1.29, 1.82) is 0 Å². The lowest BCUT2D eigenvalue weighted by atomic mass is 9.99. The molecule has 1 aromatic carbocycles. The molecule has 0 bridgehead atoms. The minimum Gasteiger partial charge on any atom is -0.320 e. The maximum atomic E-state index is 6.29. The van der Waals surface area contributed by atoms with Gasteiger partial charge >= 0.3 is 0 Å². The van der Waals surface area contributed by atoms with Crippen LogP contribution in [0.2, 0.25) is 0 Å². The van der Waals surface area contributed by atoms with Gasteiger partial charge in [-0.2, -0.15) is 0 Å². The van der Waals surface area contributed by atoms with Gasteiger partial charge in [0.2, 0.25) is 0 Å². The summed E-state index contributed by atoms with van der Waals surface area (Å²) in [6.45, 7) is 6.61. The second kappa shape index (κ2) is 5.68. The van der Waals surface area contributed by atoms with Crippen molar-refractivity contribution in [3.63, 3.8) is 0 Å². The Labute approximate surface area is 114 Å². The lowest BCUT2D eigenvalue weighted by Gasteiger charge is -2.11. The highest BCUT2D eigenvalue weighted by molar-refractivity contribution is 7.12. The topological polar surface area (TPSA) is 26.0 Å². The number of hydrogen-bond acceptors (Lipinski definition) is 2. The standard InChI is InChI=1S/C16H21NS/c1-11(2)10-13-5-7-14(8-6-13)16(17)15-9-4-12(3)18-15/h4-9,11,16H,10,17H2,1-3H3. The Hall–Kier alpha value is -1.12. The SMILES string of the molecule is Cc1ccc(C(N)c2ccc(CC(C)C)cc2)s1. The van der Waals surface area contributed by atoms with Crippen molar-refractivity contribution in [3.05, 3.63) is 57.3 Å². The second-order valence-corrected chi connectivity index (χ2v) is 6.59. The molecule has 0 fully saturated rings. The molecule has 2 N–H and O–H groups in total. The predicted molar refractivity (Wildman–Crippen MR) is 80.1 cm³/mol. The van der Waals surface area contributed by atoms with E-state index in [0.29, 0.717) is 5.92 Å². The third kappa shape index (κ3) is 3.21. The van der Waals surface area contributed by atoms with Gasteiger partial charge in [-0.15, -0.1) is 11.3 Å². The maximum absolute atomic E-state index is 6.29. The minimum absolute atomic E-state index is 0.0109. The normalized spacial score (nSPS) is 12.9. The molecule has 0 saturated carbocycles. The zero-order chi connectivity index (χ0) is 13.1. The van der Waals surface area contributed by atoms with Crippen LogP contribution in [-0.4, -0.2) is 0 Å². The van der Waals surface area contributed by atoms with E-state index in [1.165, 1.54) is 20.9 Å². The summed E-state index contributed by atoms with van der Waals surface area (Å²) in [6.07, 6.45) is 1.13. The fraction of sp³-hybridized carbons (Fsp3) is 0.375. The molecular weight excluding hydrogens is 238 g/mol. The average molecular weight is 259 g/mol. The Morgan fingerprint density at radius 2 is 1.72 bits per heavy atom. The highest BCUT2D eigenvalue weighted by Crippen LogP contribution is 2.26. The molecule has 2 rings (SSSR count). The van der Waals surface area contributed by atoms with Gasteiger partial charge in [0, 0.05) is 9.75 Å². The fourth-order valence-corrected chi connectivity index (χ4v) is 3.02. The predicted octanol–water partition coefficient (Wildman–Crippen LogP) is 4.30. The van der Waals surface area contributed by atoms with E-state index in [4.69, 9.17) is 5.73 Å². The molecule has 0 amide bonds. The lowest BCUT2D eigenvalue weighted by Crippen LogP contribution is -2.10. The first-order chi connectivity index (χ1) is 8.56. The summed E-state index contributed by atoms with van der Waals surface area (Å²) in [5, 5.41) is 0. The van der Waals surface area contributed by atoms with Crippen LogP contribution >= 0.6 is 11.3 Å². The molecule has 18 heavy (non-hydrogen) atoms. The van der Waals surface area contributed by atoms with Crippen molar-refractivity contribution >= 4 is 11.3 Å². The van der Waals surface area contributed by atoms with Gasteiger partial charge in [-0.1, -0.05) is 38.1 Å². The molecule has 0 aliphatic carbocycles. The Balaban J connectivity index is 2.14. The zero-order valence-electron chi connectivity index (χ0n) is 11.3. The largest absolute Gasteiger partial charge is 0.320 e. The van der Waals surface area contributed by atoms with Gasteiger partial charge in [0.05, 0.1) is 6.04 Å². The molecule has 1 heterocycles. The van der Waals surface area contributed by atoms with Crippen LogP contribution in [0.3, 0.4) is 0 Å². The Kier molecular flexibility index (Phi) is 4.20. The van der Waals surface area contributed by atoms with Crippen molar-refractivity contribution in [2.75, 3.05) is 0 Å². The highest BCUT2D eigenvalue weighted by atomic mass is 32.1. The van der Waals surface area contributed by atoms with Gasteiger partial charge in [0.15, 0.2) is 0 Å². The molecule has 1 nitrogen and oxygen atoms in total. The van der Waals surface area contributed by atoms with E-state index in [0.717, 1.165) is 6.42 Å². The minimum atomic E-state index is 0.0109. The van der Waals surface area contributed by atoms with E-state index in [1.54, 1.807) is 11.3 Å². The third-order valence-corrected chi connectivity index (χ3v) is 4.13. The van der Waals surface area contributed by atoms with Crippen molar-refractivity contribution in [3.8, 4) is 0 Å². The van der Waals surface area contributed by atoms with Crippen LogP contribution in [0.25, 0.3) is 0 Å². The summed E-state index contributed by atoms with van der Waals surface area (Å²) in [7, 11) is 0. The van der Waals surface area contributed by atoms with Gasteiger partial charge in [-0.05, 0) is 42.5 Å². The van der Waals surface area contributed by atoms with E-state index >= 15 is 0 Å². The first kappa shape index (κ1) is 13.3. The summed E-state index contributed by atoms with van der Waals surface area (Å²) in [5.74, 6) is 0.699. The van der Waals surface area contributed by atoms with Crippen LogP contribution < -0.4 is 5.73 Å². The molecule has 1 aromatic heterocycles. The average Bonchev–Trinajstić information content (AvgIpc) is 2.75. The van der Waals surface area contributed by atoms with Gasteiger partial charge in [0.1, 0.15) is 0 Å². The first-order valence-electron chi connectivity index (χ1n) is 6.47. The number of benzene rings is 1. The molecule has 2 heteroatoms. The molecule has 0 saturated heterocycles. The van der Waals surface area contributed by atoms with Gasteiger partial charge in [-0.25, -0.2) is 0 Å². The zero-order valence-corrected chi connectivity index (χ0v) is 12.1. The van der Waals surface area contributed by atoms with Crippen molar-refractivity contribution in [1.82, 2.24) is 0 Å². The molecular formula is C16H21NS. The van der Waals surface area contributed by atoms with Crippen molar-refractivity contribution in [2.24, 2.45) is 11.7 Å². The van der Waals surface area contributed by atoms with Crippen LogP contribution in [0.15, 0.2) is 36.4 Å². The van der Waals surface area contributed by atoms with Crippen LogP contribution in [0.4, 0.5) is 0 Å². The van der Waals surface area contributed by atoms with E-state index in [1.807, 2.05) is 0 Å². The summed E-state index contributed by atoms with van der Waals surface area (Å²) in [6, 6.07) is 13.0. The van der Waals surface area contributed by atoms with Crippen LogP contribution in [0.1, 0.15) is 40.8 Å². The monoisotopic (exact) mass is 259 g/mol. The van der Waals surface area contributed by atoms with E-state index in [9.17, 15) is 0 Å². The molecule has 1 unspecified atom stereocenters. The number of aryl methyl sites for hydroxylation is 1. The second-order valence-electron chi connectivity index (χ2n) is 5.27. The van der Waals surface area contributed by atoms with Crippen molar-refractivity contribution in [2.45, 2.75) is 33.2 Å². The summed E-state index contributed by atoms with van der Waals surface area (Å²) in [4.78, 5) is 2.56. The van der Waals surface area contributed by atoms with Crippen LogP contribution in [0.5, 0.6) is 0 Å². The Bertz CT molecular complexity index is 496. The Morgan fingerprint density at radius 3 is 2.22 bits per heavy atom. The smallest absolute Gasteiger partial charge is 0.0646 e. The fourth-order valence-electron chi connectivity index (χ4n) is 2.12. The molecule has 0 aliphatic rings. The molecule has 2 aromatic rings. The number of nitrogens with two attached hydrogens (primary N) is 1. The summed E-state index contributed by atoms with van der Waals surface area (Å²) < 4.78 is 0. The summed E-state index contributed by atoms with van der Waals surface area (Å²) in [5.41, 5.74) is 8.88. The molecule has 0 radical (unpaired) electrons. The van der Waals surface area contributed by atoms with E-state index < -0.39 is 0 Å². The molecule has 96 valence electrons. The number of hydrogen-bond donors (Lipinski definition) is 1. The Morgan fingerprint density at radius 1 is 1.06 bits per heavy atom. The van der Waals surface area contributed by atoms with Crippen LogP contribution in [-0.2, 0) is 6.42 Å². The maximum Gasteiger partial charge on any atom is 0.0646 e.